The summed E-state index contributed by atoms with van der Waals surface area (Å²) in [6.07, 6.45) is 2.16. The zero-order valence-electron chi connectivity index (χ0n) is 15.0. The van der Waals surface area contributed by atoms with Gasteiger partial charge < -0.3 is 10.6 Å². The molecule has 0 radical (unpaired) electrons. The van der Waals surface area contributed by atoms with Crippen LogP contribution in [-0.4, -0.2) is 48.9 Å². The maximum atomic E-state index is 13.2. The second-order valence-corrected chi connectivity index (χ2v) is 5.86. The van der Waals surface area contributed by atoms with Crippen LogP contribution in [0.4, 0.5) is 4.39 Å². The molecule has 0 aliphatic carbocycles. The quantitative estimate of drug-likeness (QED) is 0.274. The number of rotatable bonds is 7. The van der Waals surface area contributed by atoms with Crippen molar-refractivity contribution in [1.29, 1.82) is 0 Å². The highest BCUT2D eigenvalue weighted by Crippen LogP contribution is 2.11. The van der Waals surface area contributed by atoms with E-state index in [0.29, 0.717) is 57.8 Å². The van der Waals surface area contributed by atoms with E-state index >= 15 is 0 Å². The molecule has 8 heteroatoms. The second kappa shape index (κ2) is 11.8. The van der Waals surface area contributed by atoms with Crippen molar-refractivity contribution in [3.8, 4) is 0 Å². The molecule has 0 spiro atoms. The molecule has 1 fully saturated rings. The Morgan fingerprint density at radius 3 is 2.62 bits per heavy atom. The molecule has 0 bridgehead atoms. The van der Waals surface area contributed by atoms with Crippen LogP contribution in [0.15, 0.2) is 29.3 Å². The van der Waals surface area contributed by atoms with Gasteiger partial charge in [0.15, 0.2) is 5.96 Å². The largest absolute Gasteiger partial charge is 0.357 e. The molecule has 1 aromatic rings. The van der Waals surface area contributed by atoms with Crippen molar-refractivity contribution in [2.75, 3.05) is 26.2 Å². The van der Waals surface area contributed by atoms with E-state index < -0.39 is 0 Å². The van der Waals surface area contributed by atoms with Gasteiger partial charge in [0.25, 0.3) is 0 Å². The Balaban J connectivity index is 0.00000338. The summed E-state index contributed by atoms with van der Waals surface area (Å²) < 4.78 is 13.2. The first-order valence-electron chi connectivity index (χ1n) is 8.70. The Labute approximate surface area is 170 Å². The van der Waals surface area contributed by atoms with Crippen LogP contribution in [0.1, 0.15) is 31.7 Å². The minimum Gasteiger partial charge on any atom is -0.357 e. The van der Waals surface area contributed by atoms with Gasteiger partial charge in [0.1, 0.15) is 5.82 Å². The van der Waals surface area contributed by atoms with Crippen LogP contribution in [0.5, 0.6) is 0 Å². The number of carbonyl (C=O) groups is 2. The average Bonchev–Trinajstić information content (AvgIpc) is 2.57. The summed E-state index contributed by atoms with van der Waals surface area (Å²) >= 11 is 0. The van der Waals surface area contributed by atoms with Crippen LogP contribution in [-0.2, 0) is 16.0 Å². The number of nitrogens with zero attached hydrogens (tertiary/aromatic N) is 2. The highest BCUT2D eigenvalue weighted by Gasteiger charge is 2.25. The summed E-state index contributed by atoms with van der Waals surface area (Å²) in [7, 11) is 0. The molecule has 26 heavy (non-hydrogen) atoms. The number of benzene rings is 1. The van der Waals surface area contributed by atoms with Crippen LogP contribution in [0, 0.1) is 5.82 Å². The van der Waals surface area contributed by atoms with E-state index in [9.17, 15) is 14.0 Å². The SMILES string of the molecule is CCNC(=NCCc1cccc(F)c1)NCCN1C(=O)CCCC1=O.I. The van der Waals surface area contributed by atoms with Crippen LogP contribution < -0.4 is 10.6 Å². The van der Waals surface area contributed by atoms with E-state index in [2.05, 4.69) is 15.6 Å². The number of amides is 2. The summed E-state index contributed by atoms with van der Waals surface area (Å²) in [5.74, 6) is 0.162. The fourth-order valence-electron chi connectivity index (χ4n) is 2.67. The molecule has 1 heterocycles. The lowest BCUT2D eigenvalue weighted by atomic mass is 10.1. The lowest BCUT2D eigenvalue weighted by molar-refractivity contribution is -0.147. The summed E-state index contributed by atoms with van der Waals surface area (Å²) in [6.45, 7) is 3.96. The molecule has 2 amide bonds. The zero-order valence-corrected chi connectivity index (χ0v) is 17.3. The number of hydrogen-bond donors (Lipinski definition) is 2. The van der Waals surface area contributed by atoms with Gasteiger partial charge in [-0.25, -0.2) is 4.39 Å². The number of piperidine rings is 1. The van der Waals surface area contributed by atoms with E-state index in [1.165, 1.54) is 17.0 Å². The Morgan fingerprint density at radius 1 is 1.23 bits per heavy atom. The van der Waals surface area contributed by atoms with E-state index in [0.717, 1.165) is 5.56 Å². The van der Waals surface area contributed by atoms with Crippen LogP contribution in [0.25, 0.3) is 0 Å². The van der Waals surface area contributed by atoms with Crippen molar-refractivity contribution in [3.05, 3.63) is 35.6 Å². The number of carbonyl (C=O) groups excluding carboxylic acids is 2. The van der Waals surface area contributed by atoms with Crippen molar-refractivity contribution in [3.63, 3.8) is 0 Å². The normalized spacial score (nSPS) is 14.8. The Morgan fingerprint density at radius 2 is 1.96 bits per heavy atom. The Kier molecular flexibility index (Phi) is 10.2. The van der Waals surface area contributed by atoms with Gasteiger partial charge in [0.05, 0.1) is 0 Å². The lowest BCUT2D eigenvalue weighted by Crippen LogP contribution is -2.46. The van der Waals surface area contributed by atoms with E-state index in [4.69, 9.17) is 0 Å². The third-order valence-electron chi connectivity index (χ3n) is 3.91. The molecule has 0 saturated carbocycles. The van der Waals surface area contributed by atoms with Crippen LogP contribution in [0.2, 0.25) is 0 Å². The maximum absolute atomic E-state index is 13.2. The third-order valence-corrected chi connectivity index (χ3v) is 3.91. The summed E-state index contributed by atoms with van der Waals surface area (Å²) in [5, 5.41) is 6.24. The first-order valence-corrected chi connectivity index (χ1v) is 8.70. The standard InChI is InChI=1S/C18H25FN4O2.HI/c1-2-20-18(21-10-9-14-5-3-6-15(19)13-14)22-11-12-23-16(24)7-4-8-17(23)25;/h3,5-6,13H,2,4,7-12H2,1H3,(H2,20,21,22);1H. The molecular weight excluding hydrogens is 450 g/mol. The first kappa shape index (κ1) is 22.3. The number of aliphatic imine (C=N–C) groups is 1. The first-order chi connectivity index (χ1) is 12.1. The van der Waals surface area contributed by atoms with E-state index in [1.807, 2.05) is 13.0 Å². The predicted molar refractivity (Wildman–Crippen MR) is 110 cm³/mol. The van der Waals surface area contributed by atoms with E-state index in [1.54, 1.807) is 6.07 Å². The number of nitrogens with one attached hydrogen (secondary N) is 2. The van der Waals surface area contributed by atoms with Gasteiger partial charge in [-0.3, -0.25) is 19.5 Å². The molecule has 2 rings (SSSR count). The monoisotopic (exact) mass is 476 g/mol. The van der Waals surface area contributed by atoms with Gasteiger partial charge in [0, 0.05) is 39.0 Å². The number of imide groups is 1. The smallest absolute Gasteiger partial charge is 0.229 e. The maximum Gasteiger partial charge on any atom is 0.229 e. The molecule has 1 aromatic carbocycles. The highest BCUT2D eigenvalue weighted by molar-refractivity contribution is 14.0. The topological polar surface area (TPSA) is 73.8 Å². The van der Waals surface area contributed by atoms with Crippen molar-refractivity contribution in [1.82, 2.24) is 15.5 Å². The minimum absolute atomic E-state index is 0. The third kappa shape index (κ3) is 7.27. The Hall–Kier alpha value is -1.71. The fourth-order valence-corrected chi connectivity index (χ4v) is 2.67. The van der Waals surface area contributed by atoms with E-state index in [-0.39, 0.29) is 41.6 Å². The molecule has 1 aliphatic rings. The molecule has 0 unspecified atom stereocenters. The summed E-state index contributed by atoms with van der Waals surface area (Å²) in [6, 6.07) is 6.47. The van der Waals surface area contributed by atoms with Gasteiger partial charge in [-0.05, 0) is 37.5 Å². The van der Waals surface area contributed by atoms with Gasteiger partial charge in [-0.2, -0.15) is 0 Å². The van der Waals surface area contributed by atoms with Crippen LogP contribution >= 0.6 is 24.0 Å². The van der Waals surface area contributed by atoms with Gasteiger partial charge in [-0.15, -0.1) is 24.0 Å². The summed E-state index contributed by atoms with van der Waals surface area (Å²) in [4.78, 5) is 29.3. The number of guanidine groups is 1. The molecule has 0 atom stereocenters. The fraction of sp³-hybridized carbons (Fsp3) is 0.500. The Bertz CT molecular complexity index is 623. The highest BCUT2D eigenvalue weighted by atomic mass is 127. The molecule has 1 aliphatic heterocycles. The average molecular weight is 476 g/mol. The molecule has 2 N–H and O–H groups in total. The van der Waals surface area contributed by atoms with Gasteiger partial charge >= 0.3 is 0 Å². The van der Waals surface area contributed by atoms with Crippen LogP contribution in [0.3, 0.4) is 0 Å². The number of halogens is 2. The molecule has 0 aromatic heterocycles. The van der Waals surface area contributed by atoms with Gasteiger partial charge in [-0.1, -0.05) is 12.1 Å². The second-order valence-electron chi connectivity index (χ2n) is 5.86. The van der Waals surface area contributed by atoms with Crippen molar-refractivity contribution >= 4 is 41.8 Å². The predicted octanol–water partition coefficient (Wildman–Crippen LogP) is 2.08. The molecule has 6 nitrogen and oxygen atoms in total. The summed E-state index contributed by atoms with van der Waals surface area (Å²) in [5.41, 5.74) is 0.893. The lowest BCUT2D eigenvalue weighted by Gasteiger charge is -2.25. The van der Waals surface area contributed by atoms with Crippen molar-refractivity contribution < 1.29 is 14.0 Å². The number of likely N-dealkylation sites (tertiary alicyclic amines) is 1. The van der Waals surface area contributed by atoms with Crippen molar-refractivity contribution in [2.45, 2.75) is 32.6 Å². The molecule has 144 valence electrons. The molecule has 1 saturated heterocycles. The minimum atomic E-state index is -0.248. The number of hydrogen-bond acceptors (Lipinski definition) is 3. The van der Waals surface area contributed by atoms with Crippen molar-refractivity contribution in [2.24, 2.45) is 4.99 Å². The van der Waals surface area contributed by atoms with Gasteiger partial charge in [0.2, 0.25) is 11.8 Å². The zero-order chi connectivity index (χ0) is 18.1. The molecular formula is C18H26FIN4O2.